The molecule has 1 aliphatic heterocycles. The molecular weight excluding hydrogens is 472 g/mol. The Morgan fingerprint density at radius 3 is 2.05 bits per heavy atom. The number of rotatable bonds is 7. The Balaban J connectivity index is 1.17. The second kappa shape index (κ2) is 11.3. The molecule has 1 saturated heterocycles. The van der Waals surface area contributed by atoms with E-state index in [1.807, 2.05) is 36.4 Å². The number of benzene rings is 3. The number of likely N-dealkylation sites (tertiary alicyclic amines) is 1. The van der Waals surface area contributed by atoms with Crippen LogP contribution in [-0.2, 0) is 16.8 Å². The molecule has 1 aliphatic rings. The van der Waals surface area contributed by atoms with Gasteiger partial charge in [-0.25, -0.2) is 0 Å². The van der Waals surface area contributed by atoms with Gasteiger partial charge in [0.2, 0.25) is 17.6 Å². The zero-order chi connectivity index (χ0) is 26.5. The van der Waals surface area contributed by atoms with Crippen molar-refractivity contribution < 1.29 is 9.32 Å². The molecule has 1 N–H and O–H groups in total. The first-order valence-electron chi connectivity index (χ1n) is 13.4. The molecule has 0 atom stereocenters. The van der Waals surface area contributed by atoms with Crippen molar-refractivity contribution in [3.8, 4) is 11.4 Å². The van der Waals surface area contributed by atoms with Gasteiger partial charge in [-0.3, -0.25) is 9.69 Å². The number of carbonyl (C=O) groups is 1. The summed E-state index contributed by atoms with van der Waals surface area (Å²) in [6.45, 7) is 8.83. The zero-order valence-electron chi connectivity index (χ0n) is 22.4. The van der Waals surface area contributed by atoms with E-state index in [0.717, 1.165) is 42.6 Å². The molecule has 0 spiro atoms. The first-order valence-corrected chi connectivity index (χ1v) is 13.4. The topological polar surface area (TPSA) is 71.3 Å². The number of piperidine rings is 1. The third-order valence-corrected chi connectivity index (χ3v) is 7.35. The van der Waals surface area contributed by atoms with Gasteiger partial charge in [0, 0.05) is 11.5 Å². The van der Waals surface area contributed by atoms with Crippen molar-refractivity contribution >= 4 is 5.91 Å². The first kappa shape index (κ1) is 25.9. The van der Waals surface area contributed by atoms with E-state index in [2.05, 4.69) is 89.7 Å². The molecule has 6 heteroatoms. The van der Waals surface area contributed by atoms with Gasteiger partial charge in [0.05, 0.1) is 12.6 Å². The third-order valence-electron chi connectivity index (χ3n) is 7.35. The van der Waals surface area contributed by atoms with Crippen molar-refractivity contribution in [2.75, 3.05) is 13.1 Å². The summed E-state index contributed by atoms with van der Waals surface area (Å²) in [4.78, 5) is 20.2. The van der Waals surface area contributed by atoms with Crippen LogP contribution in [0.25, 0.3) is 11.4 Å². The van der Waals surface area contributed by atoms with Crippen molar-refractivity contribution in [2.45, 2.75) is 51.6 Å². The van der Waals surface area contributed by atoms with Crippen LogP contribution in [0, 0.1) is 5.92 Å². The smallest absolute Gasteiger partial charge is 0.241 e. The molecular formula is C32H36N4O2. The highest BCUT2D eigenvalue weighted by molar-refractivity contribution is 5.79. The summed E-state index contributed by atoms with van der Waals surface area (Å²) in [7, 11) is 0. The molecule has 1 aromatic heterocycles. The maximum Gasteiger partial charge on any atom is 0.241 e. The van der Waals surface area contributed by atoms with Crippen molar-refractivity contribution in [2.24, 2.45) is 5.92 Å². The first-order chi connectivity index (χ1) is 18.4. The van der Waals surface area contributed by atoms with Crippen LogP contribution in [0.15, 0.2) is 89.5 Å². The van der Waals surface area contributed by atoms with E-state index in [9.17, 15) is 4.79 Å². The predicted molar refractivity (Wildman–Crippen MR) is 149 cm³/mol. The molecule has 38 heavy (non-hydrogen) atoms. The highest BCUT2D eigenvalue weighted by atomic mass is 16.5. The lowest BCUT2D eigenvalue weighted by atomic mass is 9.87. The van der Waals surface area contributed by atoms with Crippen LogP contribution >= 0.6 is 0 Å². The van der Waals surface area contributed by atoms with Crippen molar-refractivity contribution in [3.63, 3.8) is 0 Å². The quantitative estimate of drug-likeness (QED) is 0.324. The molecule has 196 valence electrons. The van der Waals surface area contributed by atoms with Crippen molar-refractivity contribution in [1.82, 2.24) is 20.4 Å². The second-order valence-corrected chi connectivity index (χ2v) is 11.2. The number of nitrogens with one attached hydrogen (secondary N) is 1. The molecule has 5 rings (SSSR count). The lowest BCUT2D eigenvalue weighted by molar-refractivity contribution is -0.127. The Morgan fingerprint density at radius 2 is 1.50 bits per heavy atom. The number of amides is 1. The fourth-order valence-electron chi connectivity index (χ4n) is 5.01. The summed E-state index contributed by atoms with van der Waals surface area (Å²) in [5.41, 5.74) is 4.51. The molecule has 3 aromatic carbocycles. The van der Waals surface area contributed by atoms with E-state index in [1.165, 1.54) is 5.56 Å². The van der Waals surface area contributed by atoms with E-state index < -0.39 is 0 Å². The summed E-state index contributed by atoms with van der Waals surface area (Å²) in [5, 5.41) is 7.52. The summed E-state index contributed by atoms with van der Waals surface area (Å²) in [5.74, 6) is 1.32. The molecule has 0 aliphatic carbocycles. The van der Waals surface area contributed by atoms with Crippen LogP contribution in [0.5, 0.6) is 0 Å². The van der Waals surface area contributed by atoms with Gasteiger partial charge in [0.15, 0.2) is 0 Å². The van der Waals surface area contributed by atoms with E-state index in [-0.39, 0.29) is 23.3 Å². The minimum atomic E-state index is -0.155. The SMILES string of the molecule is CC(C)(C)c1ccc(-c2noc(CN3CCC(C(=O)NC(c4ccccc4)c4ccccc4)CC3)n2)cc1. The maximum absolute atomic E-state index is 13.3. The van der Waals surface area contributed by atoms with Crippen LogP contribution in [0.3, 0.4) is 0 Å². The Kier molecular flexibility index (Phi) is 7.70. The van der Waals surface area contributed by atoms with Gasteiger partial charge in [-0.1, -0.05) is 111 Å². The van der Waals surface area contributed by atoms with Gasteiger partial charge >= 0.3 is 0 Å². The van der Waals surface area contributed by atoms with Crippen LogP contribution in [-0.4, -0.2) is 34.0 Å². The van der Waals surface area contributed by atoms with Crippen LogP contribution in [0.2, 0.25) is 0 Å². The molecule has 0 unspecified atom stereocenters. The van der Waals surface area contributed by atoms with E-state index in [0.29, 0.717) is 18.3 Å². The highest BCUT2D eigenvalue weighted by Crippen LogP contribution is 2.27. The predicted octanol–water partition coefficient (Wildman–Crippen LogP) is 6.15. The van der Waals surface area contributed by atoms with Crippen molar-refractivity contribution in [3.05, 3.63) is 108 Å². The van der Waals surface area contributed by atoms with Crippen LogP contribution in [0.1, 0.15) is 62.2 Å². The molecule has 0 saturated carbocycles. The van der Waals surface area contributed by atoms with E-state index >= 15 is 0 Å². The lowest BCUT2D eigenvalue weighted by Crippen LogP contribution is -2.41. The molecule has 1 fully saturated rings. The molecule has 0 radical (unpaired) electrons. The maximum atomic E-state index is 13.3. The Hall–Kier alpha value is -3.77. The molecule has 4 aromatic rings. The number of hydrogen-bond acceptors (Lipinski definition) is 5. The summed E-state index contributed by atoms with van der Waals surface area (Å²) < 4.78 is 5.56. The average Bonchev–Trinajstić information content (AvgIpc) is 3.41. The number of hydrogen-bond donors (Lipinski definition) is 1. The van der Waals surface area contributed by atoms with Gasteiger partial charge in [-0.15, -0.1) is 0 Å². The van der Waals surface area contributed by atoms with Gasteiger partial charge in [0.1, 0.15) is 0 Å². The zero-order valence-corrected chi connectivity index (χ0v) is 22.4. The largest absolute Gasteiger partial charge is 0.345 e. The second-order valence-electron chi connectivity index (χ2n) is 11.2. The summed E-state index contributed by atoms with van der Waals surface area (Å²) in [6, 6.07) is 28.5. The highest BCUT2D eigenvalue weighted by Gasteiger charge is 2.28. The minimum absolute atomic E-state index is 0.0132. The number of aromatic nitrogens is 2. The number of nitrogens with zero attached hydrogens (tertiary/aromatic N) is 3. The summed E-state index contributed by atoms with van der Waals surface area (Å²) >= 11 is 0. The fraction of sp³-hybridized carbons (Fsp3) is 0.344. The van der Waals surface area contributed by atoms with Gasteiger partial charge < -0.3 is 9.84 Å². The van der Waals surface area contributed by atoms with Crippen LogP contribution < -0.4 is 5.32 Å². The molecule has 1 amide bonds. The molecule has 2 heterocycles. The molecule has 0 bridgehead atoms. The monoisotopic (exact) mass is 508 g/mol. The fourth-order valence-corrected chi connectivity index (χ4v) is 5.01. The third kappa shape index (κ3) is 6.20. The molecule has 6 nitrogen and oxygen atoms in total. The van der Waals surface area contributed by atoms with Crippen molar-refractivity contribution in [1.29, 1.82) is 0 Å². The Morgan fingerprint density at radius 1 is 0.921 bits per heavy atom. The lowest BCUT2D eigenvalue weighted by Gasteiger charge is -2.31. The van der Waals surface area contributed by atoms with Gasteiger partial charge in [0.25, 0.3) is 0 Å². The summed E-state index contributed by atoms with van der Waals surface area (Å²) in [6.07, 6.45) is 1.61. The minimum Gasteiger partial charge on any atom is -0.345 e. The standard InChI is InChI=1S/C32H36N4O2/c1-32(2,3)27-16-14-25(15-17-27)30-33-28(38-35-30)22-36-20-18-26(19-21-36)31(37)34-29(23-10-6-4-7-11-23)24-12-8-5-9-13-24/h4-17,26,29H,18-22H2,1-3H3,(H,34,37). The number of carbonyl (C=O) groups excluding carboxylic acids is 1. The Bertz CT molecular complexity index is 1280. The van der Waals surface area contributed by atoms with Crippen LogP contribution in [0.4, 0.5) is 0 Å². The van der Waals surface area contributed by atoms with Gasteiger partial charge in [-0.05, 0) is 48.0 Å². The van der Waals surface area contributed by atoms with E-state index in [1.54, 1.807) is 0 Å². The average molecular weight is 509 g/mol. The van der Waals surface area contributed by atoms with Gasteiger partial charge in [-0.2, -0.15) is 4.98 Å². The Labute approximate surface area is 225 Å². The normalized spacial score (nSPS) is 15.1. The van der Waals surface area contributed by atoms with E-state index in [4.69, 9.17) is 4.52 Å².